The van der Waals surface area contributed by atoms with Gasteiger partial charge in [0.2, 0.25) is 0 Å². The second-order valence-corrected chi connectivity index (χ2v) is 5.44. The molecule has 2 nitrogen and oxygen atoms in total. The zero-order valence-electron chi connectivity index (χ0n) is 7.71. The molecule has 0 aliphatic heterocycles. The SMILES string of the molecule is O=C(O)c1cc2cc(C(F)(F)F)ccc2[se]1. The van der Waals surface area contributed by atoms with Crippen LogP contribution in [-0.2, 0) is 6.18 Å². The number of carboxylic acids is 1. The number of hydrogen-bond donors (Lipinski definition) is 1. The average Bonchev–Trinajstić information content (AvgIpc) is 2.58. The minimum atomic E-state index is -4.39. The van der Waals surface area contributed by atoms with Gasteiger partial charge in [-0.25, -0.2) is 0 Å². The normalized spacial score (nSPS) is 11.9. The van der Waals surface area contributed by atoms with Crippen molar-refractivity contribution in [2.75, 3.05) is 0 Å². The van der Waals surface area contributed by atoms with Gasteiger partial charge in [-0.3, -0.25) is 0 Å². The molecule has 2 aromatic rings. The van der Waals surface area contributed by atoms with E-state index in [1.54, 1.807) is 0 Å². The maximum absolute atomic E-state index is 12.4. The van der Waals surface area contributed by atoms with Crippen molar-refractivity contribution in [1.29, 1.82) is 0 Å². The summed E-state index contributed by atoms with van der Waals surface area (Å²) in [5.41, 5.74) is -0.745. The average molecular weight is 293 g/mol. The third kappa shape index (κ3) is 1.99. The van der Waals surface area contributed by atoms with Gasteiger partial charge < -0.3 is 0 Å². The number of rotatable bonds is 1. The van der Waals surface area contributed by atoms with Gasteiger partial charge in [0.05, 0.1) is 0 Å². The molecule has 0 saturated carbocycles. The van der Waals surface area contributed by atoms with Gasteiger partial charge in [-0.05, 0) is 0 Å². The van der Waals surface area contributed by atoms with E-state index in [1.165, 1.54) is 12.1 Å². The Hall–Kier alpha value is -1.26. The zero-order chi connectivity index (χ0) is 11.9. The van der Waals surface area contributed by atoms with Crippen LogP contribution < -0.4 is 0 Å². The molecule has 2 rings (SSSR count). The first-order valence-electron chi connectivity index (χ1n) is 4.22. The van der Waals surface area contributed by atoms with E-state index in [-0.39, 0.29) is 4.44 Å². The summed E-state index contributed by atoms with van der Waals surface area (Å²) in [6.45, 7) is 0. The van der Waals surface area contributed by atoms with Crippen LogP contribution in [0.5, 0.6) is 0 Å². The van der Waals surface area contributed by atoms with E-state index in [9.17, 15) is 18.0 Å². The molecule has 0 amide bonds. The van der Waals surface area contributed by atoms with Crippen molar-refractivity contribution in [3.8, 4) is 0 Å². The van der Waals surface area contributed by atoms with Gasteiger partial charge in [0.25, 0.3) is 0 Å². The van der Waals surface area contributed by atoms with E-state index in [2.05, 4.69) is 0 Å². The molecule has 84 valence electrons. The van der Waals surface area contributed by atoms with Crippen molar-refractivity contribution in [1.82, 2.24) is 0 Å². The summed E-state index contributed by atoms with van der Waals surface area (Å²) in [7, 11) is 0. The molecule has 6 heteroatoms. The minimum absolute atomic E-state index is 0.182. The summed E-state index contributed by atoms with van der Waals surface area (Å²) in [5.74, 6) is -1.07. The summed E-state index contributed by atoms with van der Waals surface area (Å²) >= 11 is -0.398. The summed E-state index contributed by atoms with van der Waals surface area (Å²) in [5, 5.41) is 9.11. The molecule has 1 heterocycles. The number of carbonyl (C=O) groups is 1. The number of aromatic carboxylic acids is 1. The van der Waals surface area contributed by atoms with Crippen LogP contribution in [0.25, 0.3) is 9.65 Å². The first-order valence-corrected chi connectivity index (χ1v) is 5.93. The standard InChI is InChI=1S/C10H5F3O2Se/c11-10(12,13)6-1-2-7-5(3-6)4-8(16-7)9(14)15/h1-4H,(H,14,15). The van der Waals surface area contributed by atoms with Crippen LogP contribution >= 0.6 is 0 Å². The predicted octanol–water partition coefficient (Wildman–Crippen LogP) is 2.61. The first-order chi connectivity index (χ1) is 7.38. The second-order valence-electron chi connectivity index (χ2n) is 3.17. The molecule has 0 aliphatic carbocycles. The van der Waals surface area contributed by atoms with Crippen molar-refractivity contribution < 1.29 is 23.1 Å². The molecular weight excluding hydrogens is 288 g/mol. The molecule has 16 heavy (non-hydrogen) atoms. The van der Waals surface area contributed by atoms with Gasteiger partial charge in [0.15, 0.2) is 0 Å². The zero-order valence-corrected chi connectivity index (χ0v) is 9.42. The van der Waals surface area contributed by atoms with Crippen molar-refractivity contribution >= 4 is 30.1 Å². The van der Waals surface area contributed by atoms with Crippen molar-refractivity contribution in [3.05, 3.63) is 34.3 Å². The van der Waals surface area contributed by atoms with E-state index in [0.29, 0.717) is 9.65 Å². The molecule has 1 aromatic heterocycles. The van der Waals surface area contributed by atoms with Crippen molar-refractivity contribution in [2.45, 2.75) is 6.18 Å². The van der Waals surface area contributed by atoms with Crippen LogP contribution in [0.15, 0.2) is 24.3 Å². The van der Waals surface area contributed by atoms with Crippen LogP contribution in [-0.4, -0.2) is 25.6 Å². The Morgan fingerprint density at radius 1 is 1.25 bits per heavy atom. The van der Waals surface area contributed by atoms with Gasteiger partial charge in [-0.1, -0.05) is 0 Å². The Kier molecular flexibility index (Phi) is 2.56. The van der Waals surface area contributed by atoms with Gasteiger partial charge in [-0.2, -0.15) is 0 Å². The fraction of sp³-hybridized carbons (Fsp3) is 0.100. The quantitative estimate of drug-likeness (QED) is 0.821. The number of carboxylic acid groups (broad SMARTS) is 1. The topological polar surface area (TPSA) is 37.3 Å². The van der Waals surface area contributed by atoms with Crippen LogP contribution in [0, 0.1) is 0 Å². The molecular formula is C10H5F3O2Se. The van der Waals surface area contributed by atoms with Crippen LogP contribution in [0.3, 0.4) is 0 Å². The van der Waals surface area contributed by atoms with E-state index in [4.69, 9.17) is 5.11 Å². The monoisotopic (exact) mass is 294 g/mol. The third-order valence-corrected chi connectivity index (χ3v) is 4.37. The second kappa shape index (κ2) is 3.64. The third-order valence-electron chi connectivity index (χ3n) is 2.05. The van der Waals surface area contributed by atoms with E-state index < -0.39 is 32.2 Å². The van der Waals surface area contributed by atoms with Crippen molar-refractivity contribution in [2.24, 2.45) is 0 Å². The molecule has 0 radical (unpaired) electrons. The molecule has 1 aromatic carbocycles. The fourth-order valence-electron chi connectivity index (χ4n) is 1.33. The number of fused-ring (bicyclic) bond motifs is 1. The molecule has 0 spiro atoms. The Morgan fingerprint density at radius 2 is 1.94 bits per heavy atom. The molecule has 0 saturated heterocycles. The van der Waals surface area contributed by atoms with Gasteiger partial charge in [0.1, 0.15) is 0 Å². The molecule has 0 unspecified atom stereocenters. The van der Waals surface area contributed by atoms with E-state index in [1.807, 2.05) is 0 Å². The number of benzene rings is 1. The summed E-state index contributed by atoms with van der Waals surface area (Å²) in [6.07, 6.45) is -4.39. The number of alkyl halides is 3. The number of hydrogen-bond acceptors (Lipinski definition) is 1. The van der Waals surface area contributed by atoms with Crippen LogP contribution in [0.1, 0.15) is 14.8 Å². The Bertz CT molecular complexity index is 557. The molecule has 0 atom stereocenters. The van der Waals surface area contributed by atoms with Crippen LogP contribution in [0.2, 0.25) is 0 Å². The van der Waals surface area contributed by atoms with E-state index in [0.717, 1.165) is 12.1 Å². The Balaban J connectivity index is 2.58. The molecule has 0 bridgehead atoms. The summed E-state index contributed by atoms with van der Waals surface area (Å²) in [6, 6.07) is 4.64. The van der Waals surface area contributed by atoms with E-state index >= 15 is 0 Å². The molecule has 0 aliphatic rings. The fourth-order valence-corrected chi connectivity index (χ4v) is 3.18. The molecule has 1 N–H and O–H groups in total. The Labute approximate surface area is 94.1 Å². The van der Waals surface area contributed by atoms with Gasteiger partial charge in [0, 0.05) is 0 Å². The predicted molar refractivity (Wildman–Crippen MR) is 52.8 cm³/mol. The first kappa shape index (κ1) is 11.2. The molecule has 0 fully saturated rings. The van der Waals surface area contributed by atoms with Gasteiger partial charge >= 0.3 is 93.6 Å². The summed E-state index contributed by atoms with van der Waals surface area (Å²) in [4.78, 5) is 10.7. The van der Waals surface area contributed by atoms with Crippen LogP contribution in [0.4, 0.5) is 13.2 Å². The maximum atomic E-state index is 12.4. The Morgan fingerprint density at radius 3 is 2.50 bits per heavy atom. The number of halogens is 3. The van der Waals surface area contributed by atoms with Gasteiger partial charge in [-0.15, -0.1) is 0 Å². The van der Waals surface area contributed by atoms with Crippen molar-refractivity contribution in [3.63, 3.8) is 0 Å². The summed E-state index contributed by atoms with van der Waals surface area (Å²) < 4.78 is 38.0.